The number of amides is 1. The molecule has 194 valence electrons. The highest BCUT2D eigenvalue weighted by Crippen LogP contribution is 2.36. The minimum Gasteiger partial charge on any atom is -0.347 e. The Kier molecular flexibility index (Phi) is 7.13. The molecule has 2 aromatic carbocycles. The minimum absolute atomic E-state index is 0.177. The lowest BCUT2D eigenvalue weighted by Gasteiger charge is -2.31. The molecule has 36 heavy (non-hydrogen) atoms. The van der Waals surface area contributed by atoms with E-state index in [4.69, 9.17) is 23.2 Å². The van der Waals surface area contributed by atoms with Crippen LogP contribution in [-0.2, 0) is 29.5 Å². The molecule has 2 heterocycles. The summed E-state index contributed by atoms with van der Waals surface area (Å²) < 4.78 is 65.3. The van der Waals surface area contributed by atoms with Crippen LogP contribution in [0.4, 0.5) is 13.2 Å². The number of fused-ring (bicyclic) bond motifs is 1. The van der Waals surface area contributed by atoms with Crippen molar-refractivity contribution in [3.05, 3.63) is 68.3 Å². The molecule has 1 fully saturated rings. The van der Waals surface area contributed by atoms with Gasteiger partial charge >= 0.3 is 6.18 Å². The van der Waals surface area contributed by atoms with Gasteiger partial charge in [0.15, 0.2) is 0 Å². The Balaban J connectivity index is 1.65. The number of aromatic nitrogens is 1. The number of aryl methyl sites for hydroxylation is 2. The molecule has 0 atom stereocenters. The lowest BCUT2D eigenvalue weighted by Crippen LogP contribution is -2.42. The highest BCUT2D eigenvalue weighted by Gasteiger charge is 2.32. The van der Waals surface area contributed by atoms with Crippen molar-refractivity contribution in [2.45, 2.75) is 37.6 Å². The molecule has 1 amide bonds. The van der Waals surface area contributed by atoms with Crippen molar-refractivity contribution in [1.82, 2.24) is 9.47 Å². The number of hydrogen-bond donors (Lipinski definition) is 0. The normalized spacial score (nSPS) is 15.6. The van der Waals surface area contributed by atoms with Crippen LogP contribution in [-0.4, -0.2) is 48.4 Å². The molecule has 1 aromatic heterocycles. The van der Waals surface area contributed by atoms with Gasteiger partial charge < -0.3 is 9.47 Å². The van der Waals surface area contributed by atoms with Crippen molar-refractivity contribution in [2.24, 2.45) is 7.05 Å². The maximum Gasteiger partial charge on any atom is 0.416 e. The summed E-state index contributed by atoms with van der Waals surface area (Å²) in [6, 6.07) is 7.17. The van der Waals surface area contributed by atoms with Gasteiger partial charge in [-0.1, -0.05) is 23.2 Å². The number of halogens is 5. The van der Waals surface area contributed by atoms with E-state index in [1.165, 1.54) is 6.26 Å². The number of piperidine rings is 1. The first-order chi connectivity index (χ1) is 16.7. The lowest BCUT2D eigenvalue weighted by atomic mass is 10.0. The summed E-state index contributed by atoms with van der Waals surface area (Å²) in [4.78, 5) is 14.8. The molecule has 1 aliphatic rings. The molecular formula is C25H25Cl2F3N2O3S. The van der Waals surface area contributed by atoms with Gasteiger partial charge in [0.25, 0.3) is 5.91 Å². The smallest absolute Gasteiger partial charge is 0.347 e. The molecule has 0 radical (unpaired) electrons. The summed E-state index contributed by atoms with van der Waals surface area (Å²) in [7, 11) is -1.49. The monoisotopic (exact) mass is 560 g/mol. The number of rotatable bonds is 4. The van der Waals surface area contributed by atoms with Gasteiger partial charge in [0.2, 0.25) is 0 Å². The van der Waals surface area contributed by atoms with Crippen LogP contribution < -0.4 is 0 Å². The van der Waals surface area contributed by atoms with E-state index in [9.17, 15) is 26.4 Å². The molecule has 5 nitrogen and oxygen atoms in total. The van der Waals surface area contributed by atoms with Crippen LogP contribution in [0.25, 0.3) is 10.9 Å². The quantitative estimate of drug-likeness (QED) is 0.390. The third kappa shape index (κ3) is 5.10. The SMILES string of the molecule is Cc1cc(C(F)(F)F)cc2c1cc(Cc1c(Cl)ccc(C(=O)N3CCC(S(C)(=O)=O)CC3)c1Cl)n2C. The number of sulfone groups is 1. The zero-order valence-electron chi connectivity index (χ0n) is 19.9. The van der Waals surface area contributed by atoms with Crippen molar-refractivity contribution in [1.29, 1.82) is 0 Å². The first kappa shape index (κ1) is 26.8. The number of alkyl halides is 3. The first-order valence-electron chi connectivity index (χ1n) is 11.3. The Bertz CT molecular complexity index is 1460. The van der Waals surface area contributed by atoms with Gasteiger partial charge in [-0.05, 0) is 61.2 Å². The fraction of sp³-hybridized carbons (Fsp3) is 0.400. The van der Waals surface area contributed by atoms with E-state index in [2.05, 4.69) is 0 Å². The highest BCUT2D eigenvalue weighted by atomic mass is 35.5. The van der Waals surface area contributed by atoms with Gasteiger partial charge in [0.05, 0.1) is 21.4 Å². The zero-order valence-corrected chi connectivity index (χ0v) is 22.2. The second-order valence-corrected chi connectivity index (χ2v) is 12.4. The summed E-state index contributed by atoms with van der Waals surface area (Å²) in [5, 5.41) is 0.736. The van der Waals surface area contributed by atoms with Crippen LogP contribution in [0, 0.1) is 6.92 Å². The number of nitrogens with zero attached hydrogens (tertiary/aromatic N) is 2. The summed E-state index contributed by atoms with van der Waals surface area (Å²) in [6.07, 6.45) is -2.33. The van der Waals surface area contributed by atoms with E-state index < -0.39 is 26.8 Å². The molecular weight excluding hydrogens is 536 g/mol. The summed E-state index contributed by atoms with van der Waals surface area (Å²) >= 11 is 13.1. The number of likely N-dealkylation sites (tertiary alicyclic amines) is 1. The Labute approximate surface area is 217 Å². The molecule has 1 saturated heterocycles. The van der Waals surface area contributed by atoms with Gasteiger partial charge in [-0.3, -0.25) is 4.79 Å². The van der Waals surface area contributed by atoms with Gasteiger partial charge in [0.1, 0.15) is 9.84 Å². The van der Waals surface area contributed by atoms with E-state index in [0.29, 0.717) is 58.7 Å². The summed E-state index contributed by atoms with van der Waals surface area (Å²) in [5.41, 5.74) is 1.65. The molecule has 11 heteroatoms. The van der Waals surface area contributed by atoms with Crippen molar-refractivity contribution < 1.29 is 26.4 Å². The minimum atomic E-state index is -4.46. The predicted molar refractivity (Wildman–Crippen MR) is 136 cm³/mol. The van der Waals surface area contributed by atoms with E-state index in [1.54, 1.807) is 35.6 Å². The van der Waals surface area contributed by atoms with Crippen molar-refractivity contribution in [3.63, 3.8) is 0 Å². The highest BCUT2D eigenvalue weighted by molar-refractivity contribution is 7.91. The second-order valence-electron chi connectivity index (χ2n) is 9.30. The van der Waals surface area contributed by atoms with Crippen LogP contribution in [0.15, 0.2) is 30.3 Å². The predicted octanol–water partition coefficient (Wildman–Crippen LogP) is 6.05. The Hall–Kier alpha value is -2.23. The van der Waals surface area contributed by atoms with Gasteiger partial charge in [-0.2, -0.15) is 13.2 Å². The Morgan fingerprint density at radius 2 is 1.75 bits per heavy atom. The van der Waals surface area contributed by atoms with Gasteiger partial charge in [0, 0.05) is 54.4 Å². The van der Waals surface area contributed by atoms with Crippen molar-refractivity contribution >= 4 is 49.8 Å². The van der Waals surface area contributed by atoms with E-state index >= 15 is 0 Å². The topological polar surface area (TPSA) is 59.4 Å². The van der Waals surface area contributed by atoms with Gasteiger partial charge in [-0.15, -0.1) is 0 Å². The zero-order chi connectivity index (χ0) is 26.6. The molecule has 1 aliphatic heterocycles. The summed E-state index contributed by atoms with van der Waals surface area (Å²) in [6.45, 7) is 2.23. The van der Waals surface area contributed by atoms with E-state index in [0.717, 1.165) is 12.1 Å². The fourth-order valence-electron chi connectivity index (χ4n) is 4.76. The maximum absolute atomic E-state index is 13.3. The third-order valence-corrected chi connectivity index (χ3v) is 9.37. The summed E-state index contributed by atoms with van der Waals surface area (Å²) in [5.74, 6) is -0.312. The molecule has 0 bridgehead atoms. The van der Waals surface area contributed by atoms with Crippen LogP contribution in [0.3, 0.4) is 0 Å². The maximum atomic E-state index is 13.3. The first-order valence-corrected chi connectivity index (χ1v) is 14.0. The van der Waals surface area contributed by atoms with Crippen molar-refractivity contribution in [2.75, 3.05) is 19.3 Å². The Morgan fingerprint density at radius 1 is 1.11 bits per heavy atom. The molecule has 0 unspecified atom stereocenters. The molecule has 3 aromatic rings. The number of carbonyl (C=O) groups excluding carboxylic acids is 1. The molecule has 0 N–H and O–H groups in total. The molecule has 4 rings (SSSR count). The lowest BCUT2D eigenvalue weighted by molar-refractivity contribution is -0.137. The van der Waals surface area contributed by atoms with Crippen LogP contribution in [0.1, 0.15) is 45.6 Å². The largest absolute Gasteiger partial charge is 0.416 e. The fourth-order valence-corrected chi connectivity index (χ4v) is 6.41. The van der Waals surface area contributed by atoms with E-state index in [1.807, 2.05) is 6.07 Å². The molecule has 0 spiro atoms. The standard InChI is InChI=1S/C25H25Cl2F3N2O3S/c1-14-10-15(25(28,29)30)11-22-19(14)12-16(31(22)2)13-20-21(26)5-4-18(23(20)27)24(33)32-8-6-17(7-9-32)36(3,34)35/h4-5,10-12,17H,6-9,13H2,1-3H3. The average molecular weight is 561 g/mol. The number of benzene rings is 2. The second kappa shape index (κ2) is 9.58. The van der Waals surface area contributed by atoms with Crippen LogP contribution in [0.5, 0.6) is 0 Å². The Morgan fingerprint density at radius 3 is 2.33 bits per heavy atom. The molecule has 0 aliphatic carbocycles. The van der Waals surface area contributed by atoms with Crippen LogP contribution in [0.2, 0.25) is 10.0 Å². The van der Waals surface area contributed by atoms with Crippen LogP contribution >= 0.6 is 23.2 Å². The average Bonchev–Trinajstić information content (AvgIpc) is 3.11. The van der Waals surface area contributed by atoms with Gasteiger partial charge in [-0.25, -0.2) is 8.42 Å². The molecule has 0 saturated carbocycles. The van der Waals surface area contributed by atoms with E-state index in [-0.39, 0.29) is 22.9 Å². The van der Waals surface area contributed by atoms with Crippen molar-refractivity contribution in [3.8, 4) is 0 Å². The third-order valence-electron chi connectivity index (χ3n) is 6.90. The number of carbonyl (C=O) groups is 1. The number of hydrogen-bond acceptors (Lipinski definition) is 3.